The SMILES string of the molecule is CCCn1cc(C(=O)N2CCN(c3ncc4c(n3)CCOC4)CC2)c(C)n1. The lowest BCUT2D eigenvalue weighted by Crippen LogP contribution is -2.49. The molecule has 8 heteroatoms. The summed E-state index contributed by atoms with van der Waals surface area (Å²) in [7, 11) is 0. The van der Waals surface area contributed by atoms with Gasteiger partial charge in [-0.2, -0.15) is 5.10 Å². The first kappa shape index (κ1) is 17.9. The number of aromatic nitrogens is 4. The summed E-state index contributed by atoms with van der Waals surface area (Å²) in [5, 5.41) is 4.45. The molecule has 0 atom stereocenters. The second-order valence-corrected chi connectivity index (χ2v) is 7.12. The first-order chi connectivity index (χ1) is 13.2. The van der Waals surface area contributed by atoms with Crippen LogP contribution in [0.1, 0.15) is 40.7 Å². The molecule has 8 nitrogen and oxygen atoms in total. The van der Waals surface area contributed by atoms with E-state index in [2.05, 4.69) is 21.9 Å². The molecule has 2 aromatic heterocycles. The van der Waals surface area contributed by atoms with Gasteiger partial charge in [0.15, 0.2) is 0 Å². The van der Waals surface area contributed by atoms with Crippen LogP contribution in [0.4, 0.5) is 5.95 Å². The maximum atomic E-state index is 12.9. The minimum absolute atomic E-state index is 0.0676. The number of carbonyl (C=O) groups is 1. The number of amides is 1. The van der Waals surface area contributed by atoms with Crippen molar-refractivity contribution in [3.05, 3.63) is 34.9 Å². The minimum Gasteiger partial charge on any atom is -0.376 e. The molecular formula is C19H26N6O2. The molecule has 0 radical (unpaired) electrons. The van der Waals surface area contributed by atoms with Gasteiger partial charge in [0.1, 0.15) is 0 Å². The number of piperazine rings is 1. The van der Waals surface area contributed by atoms with E-state index in [1.807, 2.05) is 28.9 Å². The molecule has 0 aliphatic carbocycles. The van der Waals surface area contributed by atoms with Gasteiger partial charge in [0.05, 0.1) is 30.2 Å². The van der Waals surface area contributed by atoms with Gasteiger partial charge in [-0.3, -0.25) is 9.48 Å². The van der Waals surface area contributed by atoms with Gasteiger partial charge < -0.3 is 14.5 Å². The molecule has 27 heavy (non-hydrogen) atoms. The summed E-state index contributed by atoms with van der Waals surface area (Å²) in [6, 6.07) is 0. The van der Waals surface area contributed by atoms with E-state index in [4.69, 9.17) is 9.72 Å². The summed E-state index contributed by atoms with van der Waals surface area (Å²) in [6.45, 7) is 8.98. The van der Waals surface area contributed by atoms with E-state index >= 15 is 0 Å². The zero-order valence-electron chi connectivity index (χ0n) is 16.0. The van der Waals surface area contributed by atoms with Crippen molar-refractivity contribution in [3.8, 4) is 0 Å². The Bertz CT molecular complexity index is 826. The molecule has 0 N–H and O–H groups in total. The summed E-state index contributed by atoms with van der Waals surface area (Å²) in [5.74, 6) is 0.827. The Kier molecular flexibility index (Phi) is 5.07. The third-order valence-electron chi connectivity index (χ3n) is 5.16. The molecule has 0 aromatic carbocycles. The zero-order valence-corrected chi connectivity index (χ0v) is 16.0. The normalized spacial score (nSPS) is 17.1. The predicted octanol–water partition coefficient (Wildman–Crippen LogP) is 1.43. The summed E-state index contributed by atoms with van der Waals surface area (Å²) in [5.41, 5.74) is 3.68. The van der Waals surface area contributed by atoms with Gasteiger partial charge in [-0.05, 0) is 13.3 Å². The lowest BCUT2D eigenvalue weighted by Gasteiger charge is -2.35. The third-order valence-corrected chi connectivity index (χ3v) is 5.16. The number of ether oxygens (including phenoxy) is 1. The van der Waals surface area contributed by atoms with Gasteiger partial charge in [-0.1, -0.05) is 6.92 Å². The Hall–Kier alpha value is -2.48. The molecule has 144 valence electrons. The highest BCUT2D eigenvalue weighted by molar-refractivity contribution is 5.95. The Morgan fingerprint density at radius 3 is 2.85 bits per heavy atom. The smallest absolute Gasteiger partial charge is 0.257 e. The topological polar surface area (TPSA) is 76.4 Å². The van der Waals surface area contributed by atoms with Crippen LogP contribution in [0.5, 0.6) is 0 Å². The molecule has 0 bridgehead atoms. The molecule has 2 aliphatic heterocycles. The van der Waals surface area contributed by atoms with Crippen molar-refractivity contribution in [1.29, 1.82) is 0 Å². The summed E-state index contributed by atoms with van der Waals surface area (Å²) in [6.07, 6.45) is 5.59. The standard InChI is InChI=1S/C19H26N6O2/c1-3-5-25-12-16(14(2)22-25)18(26)23-6-8-24(9-7-23)19-20-11-15-13-27-10-4-17(15)21-19/h11-12H,3-10,13H2,1-2H3. The molecule has 0 unspecified atom stereocenters. The molecule has 1 saturated heterocycles. The van der Waals surface area contributed by atoms with Crippen molar-refractivity contribution in [1.82, 2.24) is 24.6 Å². The summed E-state index contributed by atoms with van der Waals surface area (Å²) < 4.78 is 7.31. The van der Waals surface area contributed by atoms with Crippen LogP contribution in [0.15, 0.2) is 12.4 Å². The number of aryl methyl sites for hydroxylation is 2. The van der Waals surface area contributed by atoms with Crippen LogP contribution in [0.25, 0.3) is 0 Å². The molecule has 1 fully saturated rings. The number of fused-ring (bicyclic) bond motifs is 1. The van der Waals surface area contributed by atoms with Gasteiger partial charge in [0.2, 0.25) is 5.95 Å². The van der Waals surface area contributed by atoms with Crippen LogP contribution in [0, 0.1) is 6.92 Å². The van der Waals surface area contributed by atoms with E-state index in [1.165, 1.54) is 0 Å². The lowest BCUT2D eigenvalue weighted by atomic mass is 10.1. The van der Waals surface area contributed by atoms with Crippen molar-refractivity contribution in [2.45, 2.75) is 39.8 Å². The van der Waals surface area contributed by atoms with Gasteiger partial charge in [-0.15, -0.1) is 0 Å². The number of anilines is 1. The number of hydrogen-bond acceptors (Lipinski definition) is 6. The fourth-order valence-corrected chi connectivity index (χ4v) is 3.62. The quantitative estimate of drug-likeness (QED) is 0.810. The lowest BCUT2D eigenvalue weighted by molar-refractivity contribution is 0.0745. The Morgan fingerprint density at radius 1 is 1.26 bits per heavy atom. The molecule has 0 saturated carbocycles. The average molecular weight is 370 g/mol. The fraction of sp³-hybridized carbons (Fsp3) is 0.579. The van der Waals surface area contributed by atoms with E-state index in [1.54, 1.807) is 0 Å². The Balaban J connectivity index is 1.41. The summed E-state index contributed by atoms with van der Waals surface area (Å²) >= 11 is 0. The molecule has 4 heterocycles. The highest BCUT2D eigenvalue weighted by atomic mass is 16.5. The van der Waals surface area contributed by atoms with Gasteiger partial charge >= 0.3 is 0 Å². The van der Waals surface area contributed by atoms with Gasteiger partial charge in [-0.25, -0.2) is 9.97 Å². The largest absolute Gasteiger partial charge is 0.376 e. The van der Waals surface area contributed by atoms with E-state index < -0.39 is 0 Å². The molecule has 2 aliphatic rings. The van der Waals surface area contributed by atoms with Crippen LogP contribution >= 0.6 is 0 Å². The minimum atomic E-state index is 0.0676. The number of hydrogen-bond donors (Lipinski definition) is 0. The summed E-state index contributed by atoms with van der Waals surface area (Å²) in [4.78, 5) is 26.2. The highest BCUT2D eigenvalue weighted by Crippen LogP contribution is 2.19. The van der Waals surface area contributed by atoms with Crippen molar-refractivity contribution in [3.63, 3.8) is 0 Å². The number of nitrogens with zero attached hydrogens (tertiary/aromatic N) is 6. The molecule has 2 aromatic rings. The second-order valence-electron chi connectivity index (χ2n) is 7.12. The molecule has 4 rings (SSSR count). The van der Waals surface area contributed by atoms with E-state index in [0.29, 0.717) is 25.3 Å². The van der Waals surface area contributed by atoms with Crippen molar-refractivity contribution >= 4 is 11.9 Å². The number of carbonyl (C=O) groups excluding carboxylic acids is 1. The van der Waals surface area contributed by atoms with E-state index in [0.717, 1.165) is 62.0 Å². The average Bonchev–Trinajstić information content (AvgIpc) is 3.07. The van der Waals surface area contributed by atoms with Crippen LogP contribution in [0.2, 0.25) is 0 Å². The fourth-order valence-electron chi connectivity index (χ4n) is 3.62. The van der Waals surface area contributed by atoms with Crippen molar-refractivity contribution in [2.75, 3.05) is 37.7 Å². The zero-order chi connectivity index (χ0) is 18.8. The molecule has 1 amide bonds. The molecular weight excluding hydrogens is 344 g/mol. The van der Waals surface area contributed by atoms with Crippen molar-refractivity contribution in [2.24, 2.45) is 0 Å². The van der Waals surface area contributed by atoms with Gasteiger partial charge in [0, 0.05) is 57.1 Å². The van der Waals surface area contributed by atoms with Crippen LogP contribution < -0.4 is 4.90 Å². The Labute approximate surface area is 159 Å². The van der Waals surface area contributed by atoms with Crippen LogP contribution in [-0.2, 0) is 24.3 Å². The monoisotopic (exact) mass is 370 g/mol. The predicted molar refractivity (Wildman–Crippen MR) is 101 cm³/mol. The maximum absolute atomic E-state index is 12.9. The van der Waals surface area contributed by atoms with Gasteiger partial charge in [0.25, 0.3) is 5.91 Å². The maximum Gasteiger partial charge on any atom is 0.257 e. The third kappa shape index (κ3) is 3.66. The van der Waals surface area contributed by atoms with Crippen LogP contribution in [0.3, 0.4) is 0 Å². The first-order valence-electron chi connectivity index (χ1n) is 9.66. The first-order valence-corrected chi connectivity index (χ1v) is 9.66. The second kappa shape index (κ2) is 7.64. The highest BCUT2D eigenvalue weighted by Gasteiger charge is 2.26. The van der Waals surface area contributed by atoms with E-state index in [-0.39, 0.29) is 5.91 Å². The molecule has 0 spiro atoms. The van der Waals surface area contributed by atoms with E-state index in [9.17, 15) is 4.79 Å². The van der Waals surface area contributed by atoms with Crippen molar-refractivity contribution < 1.29 is 9.53 Å². The van der Waals surface area contributed by atoms with Crippen LogP contribution in [-0.4, -0.2) is 63.3 Å². The Morgan fingerprint density at radius 2 is 2.07 bits per heavy atom. The number of rotatable bonds is 4.